The largest absolute Gasteiger partial charge is 0.0619 e. The van der Waals surface area contributed by atoms with Crippen LogP contribution in [-0.2, 0) is 12.8 Å². The van der Waals surface area contributed by atoms with E-state index in [4.69, 9.17) is 0 Å². The molecule has 0 bridgehead atoms. The van der Waals surface area contributed by atoms with Crippen LogP contribution in [0.1, 0.15) is 23.6 Å². The first-order valence-electron chi connectivity index (χ1n) is 5.51. The Morgan fingerprint density at radius 1 is 1.07 bits per heavy atom. The first-order chi connectivity index (χ1) is 7.38. The minimum Gasteiger partial charge on any atom is -0.0619 e. The first-order valence-corrected chi connectivity index (χ1v) is 5.51. The van der Waals surface area contributed by atoms with Crippen LogP contribution in [0.2, 0.25) is 0 Å². The quantitative estimate of drug-likeness (QED) is 0.553. The molecular weight excluding hydrogens is 180 g/mol. The Morgan fingerprint density at radius 3 is 2.80 bits per heavy atom. The molecule has 0 fully saturated rings. The minimum atomic E-state index is 1.05. The topological polar surface area (TPSA) is 0 Å². The van der Waals surface area contributed by atoms with E-state index in [2.05, 4.69) is 49.4 Å². The molecule has 0 aromatic heterocycles. The van der Waals surface area contributed by atoms with Crippen LogP contribution in [0, 0.1) is 6.07 Å². The second-order valence-corrected chi connectivity index (χ2v) is 4.06. The van der Waals surface area contributed by atoms with Gasteiger partial charge in [-0.15, -0.1) is 0 Å². The van der Waals surface area contributed by atoms with Crippen LogP contribution in [0.3, 0.4) is 0 Å². The number of rotatable bonds is 1. The molecule has 1 aliphatic rings. The smallest absolute Gasteiger partial charge is 0.000718 e. The fraction of sp³-hybridized carbons (Fsp3) is 0.200. The van der Waals surface area contributed by atoms with Gasteiger partial charge in [-0.05, 0) is 46.7 Å². The van der Waals surface area contributed by atoms with E-state index in [9.17, 15) is 0 Å². The van der Waals surface area contributed by atoms with Gasteiger partial charge in [0.05, 0.1) is 0 Å². The molecule has 0 nitrogen and oxygen atoms in total. The van der Waals surface area contributed by atoms with Crippen LogP contribution in [0.15, 0.2) is 36.4 Å². The molecule has 1 aliphatic carbocycles. The van der Waals surface area contributed by atoms with Crippen molar-refractivity contribution < 1.29 is 0 Å². The number of benzene rings is 2. The van der Waals surface area contributed by atoms with Gasteiger partial charge in [0.1, 0.15) is 0 Å². The lowest BCUT2D eigenvalue weighted by Crippen LogP contribution is -1.85. The Kier molecular flexibility index (Phi) is 1.88. The Morgan fingerprint density at radius 2 is 1.93 bits per heavy atom. The van der Waals surface area contributed by atoms with Crippen molar-refractivity contribution in [1.82, 2.24) is 0 Å². The molecule has 0 heterocycles. The number of fused-ring (bicyclic) bond motifs is 3. The summed E-state index contributed by atoms with van der Waals surface area (Å²) in [7, 11) is 0. The fourth-order valence-electron chi connectivity index (χ4n) is 2.31. The maximum absolute atomic E-state index is 3.52. The summed E-state index contributed by atoms with van der Waals surface area (Å²) in [5.74, 6) is 0. The van der Waals surface area contributed by atoms with E-state index in [1.165, 1.54) is 27.8 Å². The maximum atomic E-state index is 3.52. The summed E-state index contributed by atoms with van der Waals surface area (Å²) >= 11 is 0. The normalized spacial score (nSPS) is 12.3. The van der Waals surface area contributed by atoms with Gasteiger partial charge >= 0.3 is 0 Å². The number of hydrogen-bond acceptors (Lipinski definition) is 0. The highest BCUT2D eigenvalue weighted by Gasteiger charge is 2.17. The van der Waals surface area contributed by atoms with Gasteiger partial charge in [0.25, 0.3) is 0 Å². The van der Waals surface area contributed by atoms with Crippen molar-refractivity contribution in [3.8, 4) is 11.1 Å². The molecule has 0 saturated heterocycles. The summed E-state index contributed by atoms with van der Waals surface area (Å²) in [6.07, 6.45) is 2.13. The second-order valence-electron chi connectivity index (χ2n) is 4.06. The molecule has 3 rings (SSSR count). The molecule has 0 amide bonds. The van der Waals surface area contributed by atoms with Gasteiger partial charge in [-0.25, -0.2) is 0 Å². The molecular formula is C15H13. The predicted octanol–water partition coefficient (Wildman–Crippen LogP) is 3.62. The van der Waals surface area contributed by atoms with Crippen molar-refractivity contribution in [2.24, 2.45) is 0 Å². The number of aryl methyl sites for hydroxylation is 1. The summed E-state index contributed by atoms with van der Waals surface area (Å²) in [4.78, 5) is 0. The Labute approximate surface area is 90.6 Å². The van der Waals surface area contributed by atoms with E-state index in [-0.39, 0.29) is 0 Å². The lowest BCUT2D eigenvalue weighted by Gasteiger charge is -2.01. The standard InChI is InChI=1S/C15H13/c1-2-11-7-8-15-13(9-11)10-12-5-3-4-6-14(12)15/h3-8H,2,10H2,1H3. The van der Waals surface area contributed by atoms with Gasteiger partial charge in [-0.2, -0.15) is 0 Å². The van der Waals surface area contributed by atoms with Crippen molar-refractivity contribution in [2.45, 2.75) is 19.8 Å². The van der Waals surface area contributed by atoms with Crippen LogP contribution in [-0.4, -0.2) is 0 Å². The third-order valence-electron chi connectivity index (χ3n) is 3.14. The zero-order valence-corrected chi connectivity index (χ0v) is 8.88. The molecule has 0 spiro atoms. The molecule has 0 aliphatic heterocycles. The highest BCUT2D eigenvalue weighted by atomic mass is 14.2. The van der Waals surface area contributed by atoms with Crippen molar-refractivity contribution in [3.05, 3.63) is 59.2 Å². The van der Waals surface area contributed by atoms with Crippen molar-refractivity contribution in [1.29, 1.82) is 0 Å². The lowest BCUT2D eigenvalue weighted by atomic mass is 10.0. The van der Waals surface area contributed by atoms with E-state index in [0.717, 1.165) is 12.8 Å². The highest BCUT2D eigenvalue weighted by Crippen LogP contribution is 2.36. The summed E-state index contributed by atoms with van der Waals surface area (Å²) in [5.41, 5.74) is 6.91. The molecule has 1 radical (unpaired) electrons. The van der Waals surface area contributed by atoms with E-state index in [1.54, 1.807) is 0 Å². The Hall–Kier alpha value is -1.56. The summed E-state index contributed by atoms with van der Waals surface area (Å²) in [5, 5.41) is 0. The third kappa shape index (κ3) is 1.29. The van der Waals surface area contributed by atoms with Crippen molar-refractivity contribution in [2.75, 3.05) is 0 Å². The van der Waals surface area contributed by atoms with Crippen molar-refractivity contribution in [3.63, 3.8) is 0 Å². The van der Waals surface area contributed by atoms with Gasteiger partial charge in [-0.3, -0.25) is 0 Å². The van der Waals surface area contributed by atoms with Gasteiger partial charge in [0.15, 0.2) is 0 Å². The molecule has 15 heavy (non-hydrogen) atoms. The summed E-state index contributed by atoms with van der Waals surface area (Å²) in [6, 6.07) is 16.6. The van der Waals surface area contributed by atoms with Crippen LogP contribution < -0.4 is 0 Å². The molecule has 0 saturated carbocycles. The highest BCUT2D eigenvalue weighted by molar-refractivity contribution is 5.76. The van der Waals surface area contributed by atoms with Gasteiger partial charge in [0, 0.05) is 0 Å². The molecule has 0 heteroatoms. The average molecular weight is 193 g/mol. The van der Waals surface area contributed by atoms with E-state index in [1.807, 2.05) is 0 Å². The molecule has 73 valence electrons. The lowest BCUT2D eigenvalue weighted by molar-refractivity contribution is 1.12. The van der Waals surface area contributed by atoms with Crippen LogP contribution in [0.5, 0.6) is 0 Å². The third-order valence-corrected chi connectivity index (χ3v) is 3.14. The van der Waals surface area contributed by atoms with Crippen molar-refractivity contribution >= 4 is 0 Å². The maximum Gasteiger partial charge on any atom is -0.000718 e. The molecule has 2 aromatic carbocycles. The zero-order chi connectivity index (χ0) is 10.3. The molecule has 0 unspecified atom stereocenters. The zero-order valence-electron chi connectivity index (χ0n) is 8.88. The van der Waals surface area contributed by atoms with Gasteiger partial charge < -0.3 is 0 Å². The predicted molar refractivity (Wildman–Crippen MR) is 62.9 cm³/mol. The van der Waals surface area contributed by atoms with Gasteiger partial charge in [-0.1, -0.05) is 43.3 Å². The first kappa shape index (κ1) is 8.72. The second kappa shape index (κ2) is 3.23. The van der Waals surface area contributed by atoms with E-state index < -0.39 is 0 Å². The number of hydrogen-bond donors (Lipinski definition) is 0. The summed E-state index contributed by atoms with van der Waals surface area (Å²) in [6.45, 7) is 2.18. The molecule has 2 aromatic rings. The van der Waals surface area contributed by atoms with Crippen LogP contribution in [0.4, 0.5) is 0 Å². The summed E-state index contributed by atoms with van der Waals surface area (Å²) < 4.78 is 0. The Balaban J connectivity index is 2.18. The SMILES string of the molecule is CCc1[c]c2c(cc1)-c1ccccc1C2. The van der Waals surface area contributed by atoms with Crippen LogP contribution in [0.25, 0.3) is 11.1 Å². The monoisotopic (exact) mass is 193 g/mol. The fourth-order valence-corrected chi connectivity index (χ4v) is 2.31. The van der Waals surface area contributed by atoms with E-state index >= 15 is 0 Å². The molecule has 0 N–H and O–H groups in total. The van der Waals surface area contributed by atoms with E-state index in [0.29, 0.717) is 0 Å². The molecule has 0 atom stereocenters. The van der Waals surface area contributed by atoms with Gasteiger partial charge in [0.2, 0.25) is 0 Å². The van der Waals surface area contributed by atoms with Crippen LogP contribution >= 0.6 is 0 Å². The average Bonchev–Trinajstić information content (AvgIpc) is 2.66. The Bertz CT molecular complexity index is 509. The minimum absolute atomic E-state index is 1.05.